The predicted molar refractivity (Wildman–Crippen MR) is 70.9 cm³/mol. The fourth-order valence-corrected chi connectivity index (χ4v) is 3.56. The van der Waals surface area contributed by atoms with Gasteiger partial charge in [-0.2, -0.15) is 0 Å². The number of fused-ring (bicyclic) bond motifs is 1. The zero-order valence-electron chi connectivity index (χ0n) is 9.71. The van der Waals surface area contributed by atoms with Crippen LogP contribution in [0.4, 0.5) is 4.39 Å². The molecule has 90 valence electrons. The fourth-order valence-electron chi connectivity index (χ4n) is 2.58. The van der Waals surface area contributed by atoms with Crippen LogP contribution in [0, 0.1) is 5.82 Å². The van der Waals surface area contributed by atoms with E-state index in [1.807, 2.05) is 6.07 Å². The molecule has 0 bridgehead atoms. The second-order valence-electron chi connectivity index (χ2n) is 4.76. The van der Waals surface area contributed by atoms with E-state index in [9.17, 15) is 4.39 Å². The number of thiophene rings is 1. The topological polar surface area (TPSA) is 12.0 Å². The van der Waals surface area contributed by atoms with Crippen LogP contribution in [0.15, 0.2) is 23.6 Å². The molecule has 0 amide bonds. The molecule has 3 heteroatoms. The minimum absolute atomic E-state index is 0.144. The highest BCUT2D eigenvalue weighted by atomic mass is 32.1. The van der Waals surface area contributed by atoms with Crippen molar-refractivity contribution in [3.8, 4) is 0 Å². The average molecular weight is 249 g/mol. The summed E-state index contributed by atoms with van der Waals surface area (Å²) in [6.07, 6.45) is 5.31. The van der Waals surface area contributed by atoms with E-state index in [0.717, 1.165) is 11.2 Å². The number of halogens is 1. The Morgan fingerprint density at radius 3 is 2.94 bits per heavy atom. The van der Waals surface area contributed by atoms with Crippen molar-refractivity contribution in [1.82, 2.24) is 5.32 Å². The summed E-state index contributed by atoms with van der Waals surface area (Å²) < 4.78 is 14.1. The quantitative estimate of drug-likeness (QED) is 0.864. The number of nitrogens with one attached hydrogen (secondary N) is 1. The molecule has 0 aliphatic heterocycles. The minimum Gasteiger partial charge on any atom is -0.310 e. The van der Waals surface area contributed by atoms with Gasteiger partial charge in [-0.05, 0) is 41.3 Å². The Morgan fingerprint density at radius 1 is 1.29 bits per heavy atom. The normalized spacial score (nSPS) is 17.0. The molecule has 0 saturated heterocycles. The molecule has 0 spiro atoms. The van der Waals surface area contributed by atoms with Crippen LogP contribution in [0.25, 0.3) is 10.1 Å². The van der Waals surface area contributed by atoms with Crippen molar-refractivity contribution < 1.29 is 4.39 Å². The zero-order valence-corrected chi connectivity index (χ0v) is 10.5. The van der Waals surface area contributed by atoms with Gasteiger partial charge in [-0.3, -0.25) is 0 Å². The van der Waals surface area contributed by atoms with Gasteiger partial charge >= 0.3 is 0 Å². The largest absolute Gasteiger partial charge is 0.310 e. The summed E-state index contributed by atoms with van der Waals surface area (Å²) in [5.41, 5.74) is 1.30. The van der Waals surface area contributed by atoms with E-state index in [1.165, 1.54) is 36.6 Å². The lowest BCUT2D eigenvalue weighted by Gasteiger charge is -2.10. The van der Waals surface area contributed by atoms with Gasteiger partial charge in [0.15, 0.2) is 0 Å². The molecule has 1 aromatic carbocycles. The molecule has 1 aromatic heterocycles. The van der Waals surface area contributed by atoms with Crippen molar-refractivity contribution in [2.24, 2.45) is 0 Å². The summed E-state index contributed by atoms with van der Waals surface area (Å²) in [5.74, 6) is -0.144. The third kappa shape index (κ3) is 2.35. The molecular formula is C14H16FNS. The maximum Gasteiger partial charge on any atom is 0.124 e. The summed E-state index contributed by atoms with van der Waals surface area (Å²) in [7, 11) is 0. The molecule has 1 fully saturated rings. The summed E-state index contributed by atoms with van der Waals surface area (Å²) in [5, 5.41) is 6.94. The Labute approximate surface area is 105 Å². The van der Waals surface area contributed by atoms with Crippen LogP contribution in [0.3, 0.4) is 0 Å². The first-order valence-electron chi connectivity index (χ1n) is 6.22. The van der Waals surface area contributed by atoms with Crippen LogP contribution in [0.2, 0.25) is 0 Å². The minimum atomic E-state index is -0.144. The Bertz CT molecular complexity index is 514. The summed E-state index contributed by atoms with van der Waals surface area (Å²) >= 11 is 1.63. The summed E-state index contributed by atoms with van der Waals surface area (Å²) in [6, 6.07) is 5.76. The van der Waals surface area contributed by atoms with Crippen LogP contribution < -0.4 is 5.32 Å². The second kappa shape index (κ2) is 4.75. The highest BCUT2D eigenvalue weighted by Gasteiger charge is 2.14. The van der Waals surface area contributed by atoms with Crippen LogP contribution >= 0.6 is 11.3 Å². The Kier molecular flexibility index (Phi) is 3.12. The highest BCUT2D eigenvalue weighted by Crippen LogP contribution is 2.27. The standard InChI is InChI=1S/C14H16FNS/c15-11-5-6-13-10(9-17-14(13)7-11)8-16-12-3-1-2-4-12/h5-7,9,12,16H,1-4,8H2. The first-order chi connectivity index (χ1) is 8.33. The number of hydrogen-bond acceptors (Lipinski definition) is 2. The summed E-state index contributed by atoms with van der Waals surface area (Å²) in [6.45, 7) is 0.913. The van der Waals surface area contributed by atoms with E-state index in [0.29, 0.717) is 6.04 Å². The van der Waals surface area contributed by atoms with Crippen LogP contribution in [-0.4, -0.2) is 6.04 Å². The van der Waals surface area contributed by atoms with E-state index in [1.54, 1.807) is 23.5 Å². The van der Waals surface area contributed by atoms with Crippen LogP contribution in [0.5, 0.6) is 0 Å². The Balaban J connectivity index is 1.76. The highest BCUT2D eigenvalue weighted by molar-refractivity contribution is 7.17. The van der Waals surface area contributed by atoms with Gasteiger partial charge in [0, 0.05) is 17.3 Å². The summed E-state index contributed by atoms with van der Waals surface area (Å²) in [4.78, 5) is 0. The van der Waals surface area contributed by atoms with Crippen molar-refractivity contribution in [3.63, 3.8) is 0 Å². The molecule has 3 rings (SSSR count). The third-order valence-corrected chi connectivity index (χ3v) is 4.55. The Hall–Kier alpha value is -0.930. The molecule has 1 nitrogen and oxygen atoms in total. The molecule has 0 radical (unpaired) electrons. The maximum atomic E-state index is 13.1. The van der Waals surface area contributed by atoms with Gasteiger partial charge in [0.1, 0.15) is 5.82 Å². The van der Waals surface area contributed by atoms with Gasteiger partial charge in [0.05, 0.1) is 0 Å². The number of rotatable bonds is 3. The lowest BCUT2D eigenvalue weighted by atomic mass is 10.1. The lowest BCUT2D eigenvalue weighted by Crippen LogP contribution is -2.25. The molecule has 1 N–H and O–H groups in total. The first-order valence-corrected chi connectivity index (χ1v) is 7.10. The van der Waals surface area contributed by atoms with Crippen molar-refractivity contribution in [2.45, 2.75) is 38.3 Å². The van der Waals surface area contributed by atoms with E-state index in [-0.39, 0.29) is 5.82 Å². The molecule has 0 unspecified atom stereocenters. The Morgan fingerprint density at radius 2 is 2.12 bits per heavy atom. The van der Waals surface area contributed by atoms with Crippen LogP contribution in [0.1, 0.15) is 31.2 Å². The van der Waals surface area contributed by atoms with Gasteiger partial charge in [-0.25, -0.2) is 4.39 Å². The number of hydrogen-bond donors (Lipinski definition) is 1. The van der Waals surface area contributed by atoms with Crippen molar-refractivity contribution in [1.29, 1.82) is 0 Å². The van der Waals surface area contributed by atoms with Gasteiger partial charge in [0.2, 0.25) is 0 Å². The average Bonchev–Trinajstić information content (AvgIpc) is 2.94. The van der Waals surface area contributed by atoms with Crippen molar-refractivity contribution >= 4 is 21.4 Å². The van der Waals surface area contributed by atoms with Gasteiger partial charge in [-0.15, -0.1) is 11.3 Å². The van der Waals surface area contributed by atoms with E-state index < -0.39 is 0 Å². The first kappa shape index (κ1) is 11.2. The van der Waals surface area contributed by atoms with Gasteiger partial charge in [0.25, 0.3) is 0 Å². The lowest BCUT2D eigenvalue weighted by molar-refractivity contribution is 0.526. The molecule has 2 aromatic rings. The molecule has 0 atom stereocenters. The van der Waals surface area contributed by atoms with Crippen molar-refractivity contribution in [2.75, 3.05) is 0 Å². The number of benzene rings is 1. The molecule has 1 aliphatic rings. The molecule has 17 heavy (non-hydrogen) atoms. The molecule has 1 saturated carbocycles. The molecular weight excluding hydrogens is 233 g/mol. The SMILES string of the molecule is Fc1ccc2c(CNC3CCCC3)csc2c1. The fraction of sp³-hybridized carbons (Fsp3) is 0.429. The monoisotopic (exact) mass is 249 g/mol. The smallest absolute Gasteiger partial charge is 0.124 e. The third-order valence-electron chi connectivity index (χ3n) is 3.55. The van der Waals surface area contributed by atoms with Gasteiger partial charge < -0.3 is 5.32 Å². The predicted octanol–water partition coefficient (Wildman–Crippen LogP) is 4.07. The van der Waals surface area contributed by atoms with E-state index in [2.05, 4.69) is 10.7 Å². The van der Waals surface area contributed by atoms with Gasteiger partial charge in [-0.1, -0.05) is 18.9 Å². The van der Waals surface area contributed by atoms with E-state index >= 15 is 0 Å². The maximum absolute atomic E-state index is 13.1. The van der Waals surface area contributed by atoms with Crippen molar-refractivity contribution in [3.05, 3.63) is 35.0 Å². The molecule has 1 heterocycles. The zero-order chi connectivity index (χ0) is 11.7. The van der Waals surface area contributed by atoms with Crippen LogP contribution in [-0.2, 0) is 6.54 Å². The van der Waals surface area contributed by atoms with E-state index in [4.69, 9.17) is 0 Å². The second-order valence-corrected chi connectivity index (χ2v) is 5.67. The molecule has 1 aliphatic carbocycles.